The summed E-state index contributed by atoms with van der Waals surface area (Å²) in [5.74, 6) is 1.01. The van der Waals surface area contributed by atoms with Crippen LogP contribution in [0.3, 0.4) is 0 Å². The number of nitrogens with two attached hydrogens (primary N) is 1. The normalized spacial score (nSPS) is 14.9. The van der Waals surface area contributed by atoms with Crippen LogP contribution in [0.4, 0.5) is 17.5 Å². The topological polar surface area (TPSA) is 134 Å². The number of imidazole rings is 1. The van der Waals surface area contributed by atoms with Gasteiger partial charge in [0.25, 0.3) is 5.69 Å². The van der Waals surface area contributed by atoms with Crippen LogP contribution >= 0.6 is 0 Å². The third-order valence-electron chi connectivity index (χ3n) is 4.82. The van der Waals surface area contributed by atoms with Crippen molar-refractivity contribution in [1.82, 2.24) is 15.0 Å². The van der Waals surface area contributed by atoms with Crippen LogP contribution in [0.1, 0.15) is 16.8 Å². The van der Waals surface area contributed by atoms with Gasteiger partial charge in [0.05, 0.1) is 21.5 Å². The van der Waals surface area contributed by atoms with Crippen LogP contribution in [0.25, 0.3) is 11.0 Å². The lowest BCUT2D eigenvalue weighted by Gasteiger charge is -2.22. The zero-order chi connectivity index (χ0) is 19.7. The number of nitro benzene ring substituents is 1. The second kappa shape index (κ2) is 7.14. The summed E-state index contributed by atoms with van der Waals surface area (Å²) in [6, 6.07) is 8.09. The number of anilines is 2. The third kappa shape index (κ3) is 3.43. The number of fused-ring (bicyclic) bond motifs is 1. The van der Waals surface area contributed by atoms with Crippen molar-refractivity contribution in [1.29, 1.82) is 0 Å². The van der Waals surface area contributed by atoms with Gasteiger partial charge in [-0.05, 0) is 24.6 Å². The molecule has 1 saturated heterocycles. The zero-order valence-corrected chi connectivity index (χ0v) is 15.0. The Hall–Kier alpha value is -3.69. The number of carbonyl (C=O) groups is 1. The highest BCUT2D eigenvalue weighted by Gasteiger charge is 2.19. The van der Waals surface area contributed by atoms with E-state index in [-0.39, 0.29) is 5.69 Å². The van der Waals surface area contributed by atoms with E-state index in [4.69, 9.17) is 5.73 Å². The van der Waals surface area contributed by atoms with Crippen molar-refractivity contribution in [2.75, 3.05) is 36.0 Å². The van der Waals surface area contributed by atoms with Gasteiger partial charge >= 0.3 is 0 Å². The van der Waals surface area contributed by atoms with E-state index in [9.17, 15) is 14.9 Å². The summed E-state index contributed by atoms with van der Waals surface area (Å²) in [7, 11) is 0. The van der Waals surface area contributed by atoms with Gasteiger partial charge in [-0.25, -0.2) is 9.97 Å². The second-order valence-electron chi connectivity index (χ2n) is 6.62. The molecule has 1 fully saturated rings. The molecule has 1 aromatic carbocycles. The molecule has 2 aromatic heterocycles. The molecule has 4 rings (SSSR count). The number of rotatable bonds is 4. The minimum Gasteiger partial charge on any atom is -0.366 e. The zero-order valence-electron chi connectivity index (χ0n) is 15.0. The third-order valence-corrected chi connectivity index (χ3v) is 4.82. The summed E-state index contributed by atoms with van der Waals surface area (Å²) < 4.78 is 0. The maximum absolute atomic E-state index is 11.2. The molecular weight excluding hydrogens is 362 g/mol. The Kier molecular flexibility index (Phi) is 4.52. The fraction of sp³-hybridized carbons (Fsp3) is 0.278. The molecule has 1 aliphatic rings. The summed E-state index contributed by atoms with van der Waals surface area (Å²) in [5, 5.41) is 11.0. The Morgan fingerprint density at radius 1 is 1.14 bits per heavy atom. The lowest BCUT2D eigenvalue weighted by atomic mass is 10.2. The van der Waals surface area contributed by atoms with E-state index in [1.807, 2.05) is 0 Å². The van der Waals surface area contributed by atoms with Crippen LogP contribution in [0.5, 0.6) is 0 Å². The molecule has 3 N–H and O–H groups in total. The lowest BCUT2D eigenvalue weighted by molar-refractivity contribution is -0.384. The van der Waals surface area contributed by atoms with E-state index in [1.165, 1.54) is 18.3 Å². The second-order valence-corrected chi connectivity index (χ2v) is 6.62. The average Bonchev–Trinajstić information content (AvgIpc) is 2.96. The van der Waals surface area contributed by atoms with Crippen molar-refractivity contribution in [3.8, 4) is 0 Å². The maximum Gasteiger partial charge on any atom is 0.271 e. The van der Waals surface area contributed by atoms with E-state index in [0.29, 0.717) is 22.5 Å². The number of primary amides is 1. The van der Waals surface area contributed by atoms with Gasteiger partial charge < -0.3 is 20.5 Å². The number of carbonyl (C=O) groups excluding carboxylic acids is 1. The molecule has 3 aromatic rings. The van der Waals surface area contributed by atoms with Crippen molar-refractivity contribution >= 4 is 34.4 Å². The molecule has 0 saturated carbocycles. The van der Waals surface area contributed by atoms with Gasteiger partial charge in [-0.3, -0.25) is 14.9 Å². The Balaban J connectivity index is 1.50. The highest BCUT2D eigenvalue weighted by molar-refractivity contribution is 5.92. The van der Waals surface area contributed by atoms with Gasteiger partial charge in [-0.1, -0.05) is 0 Å². The number of pyridine rings is 1. The average molecular weight is 381 g/mol. The summed E-state index contributed by atoms with van der Waals surface area (Å²) in [4.78, 5) is 38.1. The molecule has 0 unspecified atom stereocenters. The largest absolute Gasteiger partial charge is 0.366 e. The molecule has 0 atom stereocenters. The Bertz CT molecular complexity index is 1030. The number of nitro groups is 1. The van der Waals surface area contributed by atoms with Crippen LogP contribution in [0, 0.1) is 10.1 Å². The minimum atomic E-state index is -0.494. The molecule has 3 heterocycles. The van der Waals surface area contributed by atoms with E-state index < -0.39 is 10.8 Å². The fourth-order valence-corrected chi connectivity index (χ4v) is 3.32. The first-order chi connectivity index (χ1) is 13.5. The summed E-state index contributed by atoms with van der Waals surface area (Å²) in [6.45, 7) is 3.09. The Morgan fingerprint density at radius 2 is 1.93 bits per heavy atom. The predicted octanol–water partition coefficient (Wildman–Crippen LogP) is 1.68. The van der Waals surface area contributed by atoms with Crippen LogP contribution < -0.4 is 15.5 Å². The quantitative estimate of drug-likeness (QED) is 0.518. The van der Waals surface area contributed by atoms with E-state index in [1.54, 1.807) is 18.2 Å². The lowest BCUT2D eigenvalue weighted by Crippen LogP contribution is -2.31. The Morgan fingerprint density at radius 3 is 2.64 bits per heavy atom. The molecule has 0 radical (unpaired) electrons. The molecule has 0 bridgehead atoms. The standard InChI is InChI=1S/C18H19N7O3/c19-17(26)12-2-5-16(20-11-12)23-6-1-7-24(9-8-23)18-21-14-4-3-13(25(27)28)10-15(14)22-18/h2-5,10-11H,1,6-9H2,(H2,19,26)(H,21,22). The van der Waals surface area contributed by atoms with Crippen molar-refractivity contribution in [2.24, 2.45) is 5.73 Å². The maximum atomic E-state index is 11.2. The number of amides is 1. The smallest absolute Gasteiger partial charge is 0.271 e. The highest BCUT2D eigenvalue weighted by Crippen LogP contribution is 2.23. The number of hydrogen-bond acceptors (Lipinski definition) is 7. The van der Waals surface area contributed by atoms with Gasteiger partial charge in [-0.15, -0.1) is 0 Å². The first kappa shape index (κ1) is 17.7. The number of aromatic amines is 1. The van der Waals surface area contributed by atoms with Crippen molar-refractivity contribution in [3.05, 3.63) is 52.2 Å². The fourth-order valence-electron chi connectivity index (χ4n) is 3.32. The van der Waals surface area contributed by atoms with Gasteiger partial charge in [-0.2, -0.15) is 0 Å². The van der Waals surface area contributed by atoms with Gasteiger partial charge in [0, 0.05) is 44.5 Å². The van der Waals surface area contributed by atoms with Crippen LogP contribution in [0.2, 0.25) is 0 Å². The number of benzene rings is 1. The molecular formula is C18H19N7O3. The first-order valence-electron chi connectivity index (χ1n) is 8.91. The number of nitrogens with one attached hydrogen (secondary N) is 1. The molecule has 10 heteroatoms. The number of non-ortho nitro benzene ring substituents is 1. The summed E-state index contributed by atoms with van der Waals surface area (Å²) >= 11 is 0. The molecule has 144 valence electrons. The monoisotopic (exact) mass is 381 g/mol. The number of nitrogens with zero attached hydrogens (tertiary/aromatic N) is 5. The SMILES string of the molecule is NC(=O)c1ccc(N2CCCN(c3nc4ccc([N+](=O)[O-])cc4[nH]3)CC2)nc1. The van der Waals surface area contributed by atoms with Crippen LogP contribution in [0.15, 0.2) is 36.5 Å². The van der Waals surface area contributed by atoms with Gasteiger partial charge in [0.1, 0.15) is 5.82 Å². The number of aromatic nitrogens is 3. The molecule has 0 aliphatic carbocycles. The minimum absolute atomic E-state index is 0.0372. The van der Waals surface area contributed by atoms with Gasteiger partial charge in [0.2, 0.25) is 11.9 Å². The number of hydrogen-bond donors (Lipinski definition) is 2. The molecule has 0 spiro atoms. The van der Waals surface area contributed by atoms with Crippen molar-refractivity contribution in [3.63, 3.8) is 0 Å². The van der Waals surface area contributed by atoms with Crippen LogP contribution in [-0.4, -0.2) is 52.0 Å². The molecule has 1 amide bonds. The summed E-state index contributed by atoms with van der Waals surface area (Å²) in [6.07, 6.45) is 2.39. The van der Waals surface area contributed by atoms with E-state index in [0.717, 1.165) is 38.4 Å². The van der Waals surface area contributed by atoms with Crippen molar-refractivity contribution < 1.29 is 9.72 Å². The van der Waals surface area contributed by atoms with Crippen LogP contribution in [-0.2, 0) is 0 Å². The molecule has 28 heavy (non-hydrogen) atoms. The van der Waals surface area contributed by atoms with Gasteiger partial charge in [0.15, 0.2) is 0 Å². The molecule has 1 aliphatic heterocycles. The van der Waals surface area contributed by atoms with E-state index in [2.05, 4.69) is 24.8 Å². The predicted molar refractivity (Wildman–Crippen MR) is 105 cm³/mol. The van der Waals surface area contributed by atoms with Crippen molar-refractivity contribution in [2.45, 2.75) is 6.42 Å². The Labute approximate surface area is 160 Å². The number of H-pyrrole nitrogens is 1. The first-order valence-corrected chi connectivity index (χ1v) is 8.91. The highest BCUT2D eigenvalue weighted by atomic mass is 16.6. The summed E-state index contributed by atoms with van der Waals surface area (Å²) in [5.41, 5.74) is 7.03. The van der Waals surface area contributed by atoms with E-state index >= 15 is 0 Å². The molecule has 10 nitrogen and oxygen atoms in total.